The highest BCUT2D eigenvalue weighted by Crippen LogP contribution is 2.20. The van der Waals surface area contributed by atoms with E-state index in [4.69, 9.17) is 16.6 Å². The number of halogens is 1. The number of sulfonamides is 1. The number of hydrogen-bond acceptors (Lipinski definition) is 5. The van der Waals surface area contributed by atoms with E-state index in [-0.39, 0.29) is 10.5 Å². The fraction of sp³-hybridized carbons (Fsp3) is 0.364. The Morgan fingerprint density at radius 1 is 1.00 bits per heavy atom. The van der Waals surface area contributed by atoms with Gasteiger partial charge in [0.05, 0.1) is 22.3 Å². The predicted octanol–water partition coefficient (Wildman–Crippen LogP) is 2.97. The molecule has 0 radical (unpaired) electrons. The van der Waals surface area contributed by atoms with Crippen LogP contribution in [0.3, 0.4) is 0 Å². The van der Waals surface area contributed by atoms with Gasteiger partial charge in [0.1, 0.15) is 5.82 Å². The zero-order valence-corrected chi connectivity index (χ0v) is 18.9. The zero-order valence-electron chi connectivity index (χ0n) is 17.4. The van der Waals surface area contributed by atoms with Crippen molar-refractivity contribution in [1.29, 1.82) is 0 Å². The van der Waals surface area contributed by atoms with Crippen LogP contribution in [-0.4, -0.2) is 53.4 Å². The molecule has 0 saturated carbocycles. The molecule has 1 aliphatic rings. The number of piperazine rings is 1. The third-order valence-corrected chi connectivity index (χ3v) is 7.70. The minimum atomic E-state index is -3.55. The van der Waals surface area contributed by atoms with Crippen molar-refractivity contribution in [2.45, 2.75) is 31.3 Å². The van der Waals surface area contributed by atoms with Gasteiger partial charge in [-0.25, -0.2) is 13.4 Å². The summed E-state index contributed by atoms with van der Waals surface area (Å²) in [6.07, 6.45) is 0.833. The number of fused-ring (bicyclic) bond motifs is 1. The van der Waals surface area contributed by atoms with Crippen molar-refractivity contribution in [1.82, 2.24) is 18.8 Å². The van der Waals surface area contributed by atoms with Crippen LogP contribution in [0.4, 0.5) is 0 Å². The van der Waals surface area contributed by atoms with Gasteiger partial charge in [-0.1, -0.05) is 30.7 Å². The van der Waals surface area contributed by atoms with E-state index in [0.29, 0.717) is 55.2 Å². The Morgan fingerprint density at radius 3 is 2.35 bits per heavy atom. The van der Waals surface area contributed by atoms with Crippen LogP contribution in [0.25, 0.3) is 10.9 Å². The Bertz CT molecular complexity index is 1230. The minimum Gasteiger partial charge on any atom is -0.295 e. The Balaban J connectivity index is 1.51. The molecule has 2 aromatic carbocycles. The monoisotopic (exact) mass is 460 g/mol. The molecule has 3 aromatic rings. The molecule has 0 aliphatic carbocycles. The molecule has 7 nitrogen and oxygen atoms in total. The molecule has 31 heavy (non-hydrogen) atoms. The van der Waals surface area contributed by atoms with E-state index in [1.165, 1.54) is 16.4 Å². The van der Waals surface area contributed by atoms with Crippen molar-refractivity contribution in [3.05, 3.63) is 69.7 Å². The van der Waals surface area contributed by atoms with Crippen molar-refractivity contribution in [3.8, 4) is 0 Å². The van der Waals surface area contributed by atoms with E-state index in [1.54, 1.807) is 22.8 Å². The first-order chi connectivity index (χ1) is 14.9. The van der Waals surface area contributed by atoms with Crippen LogP contribution >= 0.6 is 11.6 Å². The van der Waals surface area contributed by atoms with Gasteiger partial charge >= 0.3 is 0 Å². The second-order valence-electron chi connectivity index (χ2n) is 7.64. The van der Waals surface area contributed by atoms with Gasteiger partial charge in [0.25, 0.3) is 5.56 Å². The summed E-state index contributed by atoms with van der Waals surface area (Å²) in [4.78, 5) is 20.1. The van der Waals surface area contributed by atoms with Gasteiger partial charge in [-0.3, -0.25) is 14.3 Å². The van der Waals surface area contributed by atoms with Gasteiger partial charge < -0.3 is 0 Å². The van der Waals surface area contributed by atoms with E-state index in [9.17, 15) is 13.2 Å². The number of rotatable bonds is 6. The van der Waals surface area contributed by atoms with Crippen LogP contribution in [-0.2, 0) is 23.1 Å². The molecule has 0 amide bonds. The lowest BCUT2D eigenvalue weighted by atomic mass is 10.2. The first-order valence-electron chi connectivity index (χ1n) is 10.4. The molecular formula is C22H25ClN4O3S. The Kier molecular flexibility index (Phi) is 6.43. The van der Waals surface area contributed by atoms with Crippen molar-refractivity contribution in [2.75, 3.05) is 26.2 Å². The van der Waals surface area contributed by atoms with Gasteiger partial charge in [-0.2, -0.15) is 4.31 Å². The Hall–Kier alpha value is -2.26. The number of benzene rings is 2. The van der Waals surface area contributed by atoms with Crippen molar-refractivity contribution in [3.63, 3.8) is 0 Å². The molecule has 4 rings (SSSR count). The van der Waals surface area contributed by atoms with Gasteiger partial charge in [-0.05, 0) is 42.8 Å². The van der Waals surface area contributed by atoms with E-state index in [2.05, 4.69) is 4.90 Å². The maximum atomic E-state index is 13.0. The molecule has 9 heteroatoms. The molecule has 1 saturated heterocycles. The molecular weight excluding hydrogens is 436 g/mol. The van der Waals surface area contributed by atoms with E-state index in [1.807, 2.05) is 25.1 Å². The van der Waals surface area contributed by atoms with Gasteiger partial charge in [0.2, 0.25) is 10.0 Å². The number of nitrogens with zero attached hydrogens (tertiary/aromatic N) is 4. The summed E-state index contributed by atoms with van der Waals surface area (Å²) in [5, 5.41) is 1.13. The van der Waals surface area contributed by atoms with Crippen LogP contribution in [0.2, 0.25) is 5.02 Å². The molecule has 0 spiro atoms. The summed E-state index contributed by atoms with van der Waals surface area (Å²) < 4.78 is 29.0. The first-order valence-corrected chi connectivity index (χ1v) is 12.2. The highest BCUT2D eigenvalue weighted by atomic mass is 35.5. The molecule has 0 N–H and O–H groups in total. The summed E-state index contributed by atoms with van der Waals surface area (Å²) in [5.41, 5.74) is 0.671. The lowest BCUT2D eigenvalue weighted by molar-refractivity contribution is 0.175. The fourth-order valence-electron chi connectivity index (χ4n) is 3.87. The normalized spacial score (nSPS) is 16.1. The van der Waals surface area contributed by atoms with E-state index >= 15 is 0 Å². The molecule has 0 atom stereocenters. The zero-order chi connectivity index (χ0) is 22.0. The first kappa shape index (κ1) is 22.0. The lowest BCUT2D eigenvalue weighted by Gasteiger charge is -2.34. The minimum absolute atomic E-state index is 0.0218. The number of hydrogen-bond donors (Lipinski definition) is 0. The van der Waals surface area contributed by atoms with Gasteiger partial charge in [0, 0.05) is 37.7 Å². The summed E-state index contributed by atoms with van der Waals surface area (Å²) in [7, 11) is -3.55. The molecule has 1 aromatic heterocycles. The second-order valence-corrected chi connectivity index (χ2v) is 10.0. The van der Waals surface area contributed by atoms with E-state index < -0.39 is 10.0 Å². The lowest BCUT2D eigenvalue weighted by Crippen LogP contribution is -2.48. The van der Waals surface area contributed by atoms with Crippen molar-refractivity contribution in [2.24, 2.45) is 0 Å². The second kappa shape index (κ2) is 9.08. The Labute approximate surface area is 186 Å². The molecule has 0 unspecified atom stereocenters. The maximum absolute atomic E-state index is 13.0. The van der Waals surface area contributed by atoms with Crippen molar-refractivity contribution >= 4 is 32.5 Å². The number of aromatic nitrogens is 2. The molecule has 1 fully saturated rings. The summed E-state index contributed by atoms with van der Waals surface area (Å²) >= 11 is 5.88. The fourth-order valence-corrected chi connectivity index (χ4v) is 5.42. The topological polar surface area (TPSA) is 75.5 Å². The van der Waals surface area contributed by atoms with Crippen LogP contribution < -0.4 is 5.56 Å². The highest BCUT2D eigenvalue weighted by Gasteiger charge is 2.29. The van der Waals surface area contributed by atoms with Crippen LogP contribution in [0, 0.1) is 0 Å². The Morgan fingerprint density at radius 2 is 1.68 bits per heavy atom. The predicted molar refractivity (Wildman–Crippen MR) is 122 cm³/mol. The van der Waals surface area contributed by atoms with Crippen molar-refractivity contribution < 1.29 is 8.42 Å². The smallest absolute Gasteiger partial charge is 0.261 e. The standard InChI is InChI=1S/C22H25ClN4O3S/c1-2-11-27-21(24-20-6-4-3-5-19(20)22(27)28)16-25-12-14-26(15-13-25)31(29,30)18-9-7-17(23)8-10-18/h3-10H,2,11-16H2,1H3. The summed E-state index contributed by atoms with van der Waals surface area (Å²) in [6, 6.07) is 13.6. The third-order valence-electron chi connectivity index (χ3n) is 5.54. The van der Waals surface area contributed by atoms with Gasteiger partial charge in [0.15, 0.2) is 0 Å². The maximum Gasteiger partial charge on any atom is 0.261 e. The molecule has 1 aliphatic heterocycles. The van der Waals surface area contributed by atoms with Gasteiger partial charge in [-0.15, -0.1) is 0 Å². The van der Waals surface area contributed by atoms with Crippen LogP contribution in [0.5, 0.6) is 0 Å². The third kappa shape index (κ3) is 4.52. The SMILES string of the molecule is CCCn1c(CN2CCN(S(=O)(=O)c3ccc(Cl)cc3)CC2)nc2ccccc2c1=O. The quantitative estimate of drug-likeness (QED) is 0.565. The molecule has 2 heterocycles. The molecule has 0 bridgehead atoms. The highest BCUT2D eigenvalue weighted by molar-refractivity contribution is 7.89. The average molecular weight is 461 g/mol. The molecule has 164 valence electrons. The largest absolute Gasteiger partial charge is 0.295 e. The number of para-hydroxylation sites is 1. The summed E-state index contributed by atoms with van der Waals surface area (Å²) in [6.45, 7) is 5.06. The summed E-state index contributed by atoms with van der Waals surface area (Å²) in [5.74, 6) is 0.722. The van der Waals surface area contributed by atoms with E-state index in [0.717, 1.165) is 12.2 Å². The van der Waals surface area contributed by atoms with Crippen LogP contribution in [0.15, 0.2) is 58.2 Å². The average Bonchev–Trinajstić information content (AvgIpc) is 2.77. The van der Waals surface area contributed by atoms with Crippen LogP contribution in [0.1, 0.15) is 19.2 Å².